The molecule has 3 nitrogen and oxygen atoms in total. The highest BCUT2D eigenvalue weighted by molar-refractivity contribution is 7.74. The number of esters is 1. The van der Waals surface area contributed by atoms with Gasteiger partial charge in [0.2, 0.25) is 7.35 Å². The van der Waals surface area contributed by atoms with Gasteiger partial charge in [0.15, 0.2) is 5.48 Å². The van der Waals surface area contributed by atoms with Crippen molar-refractivity contribution in [1.82, 2.24) is 0 Å². The van der Waals surface area contributed by atoms with Crippen LogP contribution in [0.4, 0.5) is 0 Å². The molecule has 0 aliphatic carbocycles. The van der Waals surface area contributed by atoms with Crippen LogP contribution in [0.2, 0.25) is 39.3 Å². The quantitative estimate of drug-likeness (QED) is 0.319. The van der Waals surface area contributed by atoms with Crippen molar-refractivity contribution < 1.29 is 14.0 Å². The topological polar surface area (TPSA) is 35.5 Å². The number of rotatable bonds is 4. The Hall–Kier alpha value is -0.789. The van der Waals surface area contributed by atoms with Crippen molar-refractivity contribution in [3.05, 3.63) is 41.2 Å². The second kappa shape index (κ2) is 7.80. The van der Waals surface area contributed by atoms with E-state index in [1.807, 2.05) is 0 Å². The summed E-state index contributed by atoms with van der Waals surface area (Å²) < 4.78 is 12.1. The van der Waals surface area contributed by atoms with Crippen LogP contribution < -0.4 is 0 Å². The predicted octanol–water partition coefficient (Wildman–Crippen LogP) is 6.04. The number of hydrogen-bond donors (Lipinski definition) is 0. The molecule has 1 aliphatic heterocycles. The monoisotopic (exact) mass is 450 g/mol. The minimum absolute atomic E-state index is 0.0622. The van der Waals surface area contributed by atoms with Crippen LogP contribution in [0.3, 0.4) is 0 Å². The first-order chi connectivity index (χ1) is 12.7. The molecule has 0 bridgehead atoms. The van der Waals surface area contributed by atoms with Crippen molar-refractivity contribution in [3.63, 3.8) is 0 Å². The Labute approximate surface area is 175 Å². The summed E-state index contributed by atoms with van der Waals surface area (Å²) in [5, 5.41) is 2.79. The van der Waals surface area contributed by atoms with Crippen molar-refractivity contribution in [2.24, 2.45) is 5.41 Å². The molecule has 154 valence electrons. The maximum Gasteiger partial charge on any atom is 0.365 e. The van der Waals surface area contributed by atoms with Crippen molar-refractivity contribution in [2.75, 3.05) is 7.11 Å². The van der Waals surface area contributed by atoms with Gasteiger partial charge in [0.1, 0.15) is 0 Å². The molecule has 0 spiro atoms. The summed E-state index contributed by atoms with van der Waals surface area (Å²) in [6, 6.07) is 10.8. The Morgan fingerprint density at radius 3 is 1.89 bits per heavy atom. The molecule has 1 aliphatic rings. The van der Waals surface area contributed by atoms with Crippen LogP contribution in [0.5, 0.6) is 0 Å². The van der Waals surface area contributed by atoms with Gasteiger partial charge >= 0.3 is 5.97 Å². The van der Waals surface area contributed by atoms with Crippen LogP contribution >= 0.6 is 8.20 Å². The maximum absolute atomic E-state index is 12.7. The zero-order valence-electron chi connectivity index (χ0n) is 19.1. The van der Waals surface area contributed by atoms with Crippen molar-refractivity contribution in [2.45, 2.75) is 60.1 Å². The molecule has 0 N–H and O–H groups in total. The Balaban J connectivity index is 3.07. The largest absolute Gasteiger partial charge is 0.464 e. The van der Waals surface area contributed by atoms with Gasteiger partial charge in [-0.3, -0.25) is 0 Å². The number of ether oxygens (including phenoxy) is 1. The van der Waals surface area contributed by atoms with Gasteiger partial charge in [-0.05, 0) is 29.7 Å². The van der Waals surface area contributed by atoms with Gasteiger partial charge in [-0.2, -0.15) is 0 Å². The van der Waals surface area contributed by atoms with Gasteiger partial charge in [-0.1, -0.05) is 90.4 Å². The number of carbonyl (C=O) groups excluding carboxylic acids is 1. The lowest BCUT2D eigenvalue weighted by molar-refractivity contribution is -0.133. The number of methoxy groups -OCH3 is 1. The van der Waals surface area contributed by atoms with Crippen LogP contribution in [0.15, 0.2) is 35.6 Å². The molecule has 0 atom stereocenters. The molecule has 28 heavy (non-hydrogen) atoms. The smallest absolute Gasteiger partial charge is 0.365 e. The van der Waals surface area contributed by atoms with E-state index in [1.54, 1.807) is 0 Å². The first-order valence-electron chi connectivity index (χ1n) is 9.83. The molecule has 0 amide bonds. The number of allylic oxidation sites excluding steroid dienone is 1. The van der Waals surface area contributed by atoms with E-state index in [4.69, 9.17) is 9.16 Å². The zero-order valence-corrected chi connectivity index (χ0v) is 23.0. The summed E-state index contributed by atoms with van der Waals surface area (Å²) in [7, 11) is -3.79. The second-order valence-corrected chi connectivity index (χ2v) is 37.4. The number of benzene rings is 1. The van der Waals surface area contributed by atoms with E-state index in [0.29, 0.717) is 5.48 Å². The minimum Gasteiger partial charge on any atom is -0.464 e. The maximum atomic E-state index is 12.7. The van der Waals surface area contributed by atoms with E-state index in [2.05, 4.69) is 90.4 Å². The van der Waals surface area contributed by atoms with Gasteiger partial charge in [0.25, 0.3) is 0 Å². The Kier molecular flexibility index (Phi) is 6.54. The number of hydrogen-bond acceptors (Lipinski definition) is 3. The van der Waals surface area contributed by atoms with Crippen LogP contribution in [0.25, 0.3) is 5.20 Å². The molecule has 0 radical (unpaired) electrons. The number of carbonyl (C=O) groups is 1. The fourth-order valence-corrected chi connectivity index (χ4v) is 49.4. The molecule has 0 fully saturated rings. The lowest BCUT2D eigenvalue weighted by atomic mass is 9.94. The van der Waals surface area contributed by atoms with E-state index in [-0.39, 0.29) is 11.4 Å². The molecule has 7 heteroatoms. The third-order valence-corrected chi connectivity index (χ3v) is 41.5. The fraction of sp³-hybridized carbons (Fsp3) is 0.524. The average Bonchev–Trinajstić information content (AvgIpc) is 2.57. The summed E-state index contributed by atoms with van der Waals surface area (Å²) in [5.41, 5.74) is 1.72. The third kappa shape index (κ3) is 4.08. The van der Waals surface area contributed by atoms with Gasteiger partial charge in [-0.25, -0.2) is 4.79 Å². The lowest BCUT2D eigenvalue weighted by Gasteiger charge is -2.53. The van der Waals surface area contributed by atoms with Crippen molar-refractivity contribution >= 4 is 47.4 Å². The van der Waals surface area contributed by atoms with Crippen molar-refractivity contribution in [1.29, 1.82) is 0 Å². The van der Waals surface area contributed by atoms with Crippen LogP contribution in [-0.2, 0) is 14.0 Å². The highest BCUT2D eigenvalue weighted by Crippen LogP contribution is 2.52. The Morgan fingerprint density at radius 1 is 1.00 bits per heavy atom. The lowest BCUT2D eigenvalue weighted by Crippen LogP contribution is -2.75. The Morgan fingerprint density at radius 2 is 1.50 bits per heavy atom. The summed E-state index contributed by atoms with van der Waals surface area (Å²) in [5.74, 6) is -0.316. The average molecular weight is 451 g/mol. The zero-order chi connectivity index (χ0) is 21.5. The molecule has 1 heterocycles. The van der Waals surface area contributed by atoms with Gasteiger partial charge in [-0.15, -0.1) is 0 Å². The van der Waals surface area contributed by atoms with E-state index in [1.165, 1.54) is 23.2 Å². The normalized spacial score (nSPS) is 18.6. The van der Waals surface area contributed by atoms with E-state index in [9.17, 15) is 4.79 Å². The molecule has 2 rings (SSSR count). The molecule has 0 saturated heterocycles. The molecule has 0 unspecified atom stereocenters. The molecule has 1 aromatic carbocycles. The first kappa shape index (κ1) is 23.5. The molecule has 0 aromatic heterocycles. The molecule has 0 saturated carbocycles. The summed E-state index contributed by atoms with van der Waals surface area (Å²) >= 11 is 0. The van der Waals surface area contributed by atoms with Crippen LogP contribution in [-0.4, -0.2) is 41.1 Å². The summed E-state index contributed by atoms with van der Waals surface area (Å²) in [4.78, 5) is 12.7. The van der Waals surface area contributed by atoms with Gasteiger partial charge in [0.05, 0.1) is 22.3 Å². The van der Waals surface area contributed by atoms with E-state index in [0.717, 1.165) is 8.20 Å². The predicted molar refractivity (Wildman–Crippen MR) is 130 cm³/mol. The highest BCUT2D eigenvalue weighted by atomic mass is 31.1. The van der Waals surface area contributed by atoms with E-state index < -0.39 is 22.5 Å². The van der Waals surface area contributed by atoms with Crippen LogP contribution in [0, 0.1) is 5.41 Å². The Bertz CT molecular complexity index is 796. The molecular formula is C21H35O3PSi3. The van der Waals surface area contributed by atoms with Crippen LogP contribution in [0.1, 0.15) is 26.3 Å². The summed E-state index contributed by atoms with van der Waals surface area (Å²) in [6.45, 7) is 21.3. The van der Waals surface area contributed by atoms with Gasteiger partial charge in [0, 0.05) is 0 Å². The SMILES string of the molecule is COC(=O)C1=PC(C(C)(C)C)=C(c2ccccc2)[Si]([Si](C)(C)C)([Si](C)(C)C)O1. The first-order valence-corrected chi connectivity index (χ1v) is 21.6. The third-order valence-electron chi connectivity index (χ3n) is 5.30. The fourth-order valence-electron chi connectivity index (χ4n) is 4.39. The summed E-state index contributed by atoms with van der Waals surface area (Å²) in [6.07, 6.45) is 0. The van der Waals surface area contributed by atoms with Crippen molar-refractivity contribution in [3.8, 4) is 0 Å². The molecular weight excluding hydrogens is 415 g/mol. The van der Waals surface area contributed by atoms with E-state index >= 15 is 0 Å². The standard InChI is InChI=1S/C21H35O3PSi3/c1-21(2,3)18-17(16-14-12-11-13-15-16)28(26(5,6)7,27(8,9)10)24-20(25-18)19(22)23-4/h11-15H,1-10H3. The molecule has 1 aromatic rings. The highest BCUT2D eigenvalue weighted by Gasteiger charge is 2.63. The minimum atomic E-state index is -2.46. The second-order valence-electron chi connectivity index (χ2n) is 10.5. The van der Waals surface area contributed by atoms with Gasteiger partial charge < -0.3 is 9.16 Å².